The van der Waals surface area contributed by atoms with E-state index in [0.29, 0.717) is 19.5 Å². The topological polar surface area (TPSA) is 136 Å². The molecule has 1 fully saturated rings. The fourth-order valence-corrected chi connectivity index (χ4v) is 5.26. The Kier molecular flexibility index (Phi) is 6.32. The van der Waals surface area contributed by atoms with Gasteiger partial charge in [-0.15, -0.1) is 11.3 Å². The van der Waals surface area contributed by atoms with Crippen LogP contribution in [0.5, 0.6) is 0 Å². The Morgan fingerprint density at radius 3 is 2.60 bits per heavy atom. The van der Waals surface area contributed by atoms with Crippen LogP contribution in [0.4, 0.5) is 0 Å². The number of aromatic nitrogens is 4. The summed E-state index contributed by atoms with van der Waals surface area (Å²) >= 11 is 1.42. The molecule has 1 saturated heterocycles. The summed E-state index contributed by atoms with van der Waals surface area (Å²) in [7, 11) is 0. The maximum absolute atomic E-state index is 12.9. The molecule has 35 heavy (non-hydrogen) atoms. The van der Waals surface area contributed by atoms with Gasteiger partial charge in [0.1, 0.15) is 5.69 Å². The third kappa shape index (κ3) is 4.94. The lowest BCUT2D eigenvalue weighted by atomic mass is 9.97. The lowest BCUT2D eigenvalue weighted by Gasteiger charge is -2.31. The van der Waals surface area contributed by atoms with E-state index in [4.69, 9.17) is 0 Å². The van der Waals surface area contributed by atoms with Crippen molar-refractivity contribution in [2.45, 2.75) is 32.1 Å². The van der Waals surface area contributed by atoms with Gasteiger partial charge in [-0.05, 0) is 37.5 Å². The number of para-hydroxylation sites is 1. The predicted octanol–water partition coefficient (Wildman–Crippen LogP) is 2.68. The van der Waals surface area contributed by atoms with Gasteiger partial charge in [-0.3, -0.25) is 30.3 Å². The summed E-state index contributed by atoms with van der Waals surface area (Å²) in [6.07, 6.45) is 3.88. The number of hydrogen-bond donors (Lipinski definition) is 4. The molecule has 4 aromatic rings. The predicted molar refractivity (Wildman–Crippen MR) is 131 cm³/mol. The Hall–Kier alpha value is -3.99. The SMILES string of the molecule is Cc1cc(C(=O)NNC(=O)c2csc(C3CCN(C(=O)Cc4c[nH]c5ccccc45)CC3)n2)n[nH]1. The standard InChI is InChI=1S/C24H25N7O3S/c1-14-10-19(28-27-14)22(33)29-30-23(34)20-13-35-24(26-20)15-6-8-31(9-7-15)21(32)11-16-12-25-18-5-3-2-4-17(16)18/h2-5,10,12-13,15,25H,6-9,11H2,1H3,(H,27,28)(H,29,33)(H,30,34). The summed E-state index contributed by atoms with van der Waals surface area (Å²) in [5, 5.41) is 10.2. The third-order valence-electron chi connectivity index (χ3n) is 6.20. The van der Waals surface area contributed by atoms with E-state index in [-0.39, 0.29) is 23.2 Å². The van der Waals surface area contributed by atoms with Crippen LogP contribution in [0, 0.1) is 6.92 Å². The van der Waals surface area contributed by atoms with Crippen LogP contribution in [0.15, 0.2) is 41.9 Å². The van der Waals surface area contributed by atoms with Gasteiger partial charge in [0, 0.05) is 47.2 Å². The molecular weight excluding hydrogens is 466 g/mol. The zero-order valence-corrected chi connectivity index (χ0v) is 19.9. The number of piperidine rings is 1. The molecule has 180 valence electrons. The minimum absolute atomic E-state index is 0.121. The van der Waals surface area contributed by atoms with Crippen molar-refractivity contribution in [2.24, 2.45) is 0 Å². The molecule has 0 unspecified atom stereocenters. The Labute approximate surface area is 205 Å². The fourth-order valence-electron chi connectivity index (χ4n) is 4.28. The molecule has 4 heterocycles. The van der Waals surface area contributed by atoms with Gasteiger partial charge in [0.2, 0.25) is 5.91 Å². The molecule has 0 spiro atoms. The van der Waals surface area contributed by atoms with E-state index in [1.807, 2.05) is 35.4 Å². The van der Waals surface area contributed by atoms with Crippen molar-refractivity contribution in [3.05, 3.63) is 69.6 Å². The number of likely N-dealkylation sites (tertiary alicyclic amines) is 1. The average molecular weight is 492 g/mol. The van der Waals surface area contributed by atoms with Crippen LogP contribution in [-0.4, -0.2) is 55.9 Å². The molecule has 0 radical (unpaired) electrons. The van der Waals surface area contributed by atoms with Crippen molar-refractivity contribution < 1.29 is 14.4 Å². The quantitative estimate of drug-likeness (QED) is 0.318. The van der Waals surface area contributed by atoms with E-state index in [1.54, 1.807) is 18.4 Å². The van der Waals surface area contributed by atoms with E-state index in [9.17, 15) is 14.4 Å². The summed E-state index contributed by atoms with van der Waals surface area (Å²) < 4.78 is 0. The van der Waals surface area contributed by atoms with Crippen LogP contribution in [-0.2, 0) is 11.2 Å². The Morgan fingerprint density at radius 1 is 1.11 bits per heavy atom. The first kappa shape index (κ1) is 22.8. The molecule has 1 aromatic carbocycles. The molecule has 11 heteroatoms. The monoisotopic (exact) mass is 491 g/mol. The van der Waals surface area contributed by atoms with Crippen LogP contribution in [0.1, 0.15) is 56.0 Å². The summed E-state index contributed by atoms with van der Waals surface area (Å²) in [6.45, 7) is 3.10. The molecule has 4 N–H and O–H groups in total. The number of aromatic amines is 2. The highest BCUT2D eigenvalue weighted by Gasteiger charge is 2.27. The molecular formula is C24H25N7O3S. The first-order chi connectivity index (χ1) is 17.0. The van der Waals surface area contributed by atoms with Gasteiger partial charge < -0.3 is 9.88 Å². The first-order valence-electron chi connectivity index (χ1n) is 11.4. The zero-order chi connectivity index (χ0) is 24.4. The second-order valence-electron chi connectivity index (χ2n) is 8.61. The largest absolute Gasteiger partial charge is 0.361 e. The molecule has 0 saturated carbocycles. The summed E-state index contributed by atoms with van der Waals surface area (Å²) in [6, 6.07) is 9.57. The maximum Gasteiger partial charge on any atom is 0.290 e. The highest BCUT2D eigenvalue weighted by atomic mass is 32.1. The van der Waals surface area contributed by atoms with Crippen molar-refractivity contribution >= 4 is 40.0 Å². The summed E-state index contributed by atoms with van der Waals surface area (Å²) in [4.78, 5) is 46.9. The zero-order valence-electron chi connectivity index (χ0n) is 19.1. The molecule has 10 nitrogen and oxygen atoms in total. The van der Waals surface area contributed by atoms with Crippen molar-refractivity contribution in [3.8, 4) is 0 Å². The van der Waals surface area contributed by atoms with Gasteiger partial charge in [-0.25, -0.2) is 4.98 Å². The summed E-state index contributed by atoms with van der Waals surface area (Å²) in [5.74, 6) is -0.683. The fraction of sp³-hybridized carbons (Fsp3) is 0.292. The normalized spacial score (nSPS) is 14.3. The van der Waals surface area contributed by atoms with Gasteiger partial charge in [0.25, 0.3) is 11.8 Å². The highest BCUT2D eigenvalue weighted by molar-refractivity contribution is 7.09. The molecule has 1 aliphatic heterocycles. The number of nitrogens with one attached hydrogen (secondary N) is 4. The minimum atomic E-state index is -0.511. The van der Waals surface area contributed by atoms with E-state index < -0.39 is 11.8 Å². The van der Waals surface area contributed by atoms with Crippen LogP contribution in [0.25, 0.3) is 10.9 Å². The number of H-pyrrole nitrogens is 2. The molecule has 3 amide bonds. The highest BCUT2D eigenvalue weighted by Crippen LogP contribution is 2.31. The second-order valence-corrected chi connectivity index (χ2v) is 9.50. The van der Waals surface area contributed by atoms with Gasteiger partial charge >= 0.3 is 0 Å². The number of nitrogens with zero attached hydrogens (tertiary/aromatic N) is 3. The lowest BCUT2D eigenvalue weighted by molar-refractivity contribution is -0.131. The number of aryl methyl sites for hydroxylation is 1. The van der Waals surface area contributed by atoms with Crippen molar-refractivity contribution in [1.29, 1.82) is 0 Å². The number of thiazole rings is 1. The molecule has 0 atom stereocenters. The number of hydrogen-bond acceptors (Lipinski definition) is 6. The van der Waals surface area contributed by atoms with Crippen LogP contribution in [0.2, 0.25) is 0 Å². The number of benzene rings is 1. The third-order valence-corrected chi connectivity index (χ3v) is 7.20. The number of fused-ring (bicyclic) bond motifs is 1. The van der Waals surface area contributed by atoms with Gasteiger partial charge in [-0.1, -0.05) is 18.2 Å². The summed E-state index contributed by atoms with van der Waals surface area (Å²) in [5.41, 5.74) is 7.95. The Balaban J connectivity index is 1.12. The molecule has 0 aliphatic carbocycles. The van der Waals surface area contributed by atoms with Crippen LogP contribution in [0.3, 0.4) is 0 Å². The van der Waals surface area contributed by atoms with Gasteiger partial charge in [0.15, 0.2) is 5.69 Å². The number of carbonyl (C=O) groups excluding carboxylic acids is 3. The van der Waals surface area contributed by atoms with Crippen LogP contribution >= 0.6 is 11.3 Å². The smallest absolute Gasteiger partial charge is 0.290 e. The number of amides is 3. The second kappa shape index (κ2) is 9.71. The minimum Gasteiger partial charge on any atom is -0.361 e. The van der Waals surface area contributed by atoms with Gasteiger partial charge in [-0.2, -0.15) is 5.10 Å². The number of hydrazine groups is 1. The Morgan fingerprint density at radius 2 is 1.86 bits per heavy atom. The molecule has 3 aromatic heterocycles. The molecule has 1 aliphatic rings. The van der Waals surface area contributed by atoms with E-state index in [1.165, 1.54) is 11.3 Å². The molecule has 0 bridgehead atoms. The molecule has 5 rings (SSSR count). The maximum atomic E-state index is 12.9. The van der Waals surface area contributed by atoms with E-state index >= 15 is 0 Å². The van der Waals surface area contributed by atoms with E-state index in [0.717, 1.165) is 40.0 Å². The van der Waals surface area contributed by atoms with Crippen molar-refractivity contribution in [1.82, 2.24) is 35.9 Å². The average Bonchev–Trinajstić information content (AvgIpc) is 3.63. The number of carbonyl (C=O) groups is 3. The van der Waals surface area contributed by atoms with Crippen LogP contribution < -0.4 is 10.9 Å². The van der Waals surface area contributed by atoms with Crippen molar-refractivity contribution in [2.75, 3.05) is 13.1 Å². The van der Waals surface area contributed by atoms with E-state index in [2.05, 4.69) is 31.0 Å². The van der Waals surface area contributed by atoms with Gasteiger partial charge in [0.05, 0.1) is 11.4 Å². The Bertz CT molecular complexity index is 1380. The lowest BCUT2D eigenvalue weighted by Crippen LogP contribution is -2.42. The number of rotatable bonds is 5. The van der Waals surface area contributed by atoms with Crippen molar-refractivity contribution in [3.63, 3.8) is 0 Å². The first-order valence-corrected chi connectivity index (χ1v) is 12.3.